The number of amides is 1. The van der Waals surface area contributed by atoms with E-state index in [-0.39, 0.29) is 17.3 Å². The first-order chi connectivity index (χ1) is 13.2. The fraction of sp³-hybridized carbons (Fsp3) is 0.350. The van der Waals surface area contributed by atoms with Crippen molar-refractivity contribution < 1.29 is 18.0 Å². The van der Waals surface area contributed by atoms with Crippen LogP contribution in [0.1, 0.15) is 11.1 Å². The smallest absolute Gasteiger partial charge is 0.369 e. The number of alkyl halides is 3. The fourth-order valence-electron chi connectivity index (χ4n) is 3.24. The number of hydrogen-bond donors (Lipinski definition) is 1. The van der Waals surface area contributed by atoms with E-state index in [1.165, 1.54) is 17.7 Å². The second kappa shape index (κ2) is 8.41. The zero-order chi connectivity index (χ0) is 20.3. The third-order valence-electron chi connectivity index (χ3n) is 4.67. The first kappa shape index (κ1) is 20.5. The number of anilines is 2. The minimum atomic E-state index is -4.59. The summed E-state index contributed by atoms with van der Waals surface area (Å²) in [5.74, 6) is -0.475. The van der Waals surface area contributed by atoms with Crippen LogP contribution in [-0.2, 0) is 11.0 Å². The van der Waals surface area contributed by atoms with E-state index in [0.29, 0.717) is 13.1 Å². The number of hydrogen-bond acceptors (Lipinski definition) is 3. The second-order valence-electron chi connectivity index (χ2n) is 6.84. The molecule has 0 unspecified atom stereocenters. The van der Waals surface area contributed by atoms with E-state index < -0.39 is 17.6 Å². The molecular formula is C20H21ClF3N3O. The summed E-state index contributed by atoms with van der Waals surface area (Å²) in [6.07, 6.45) is -4.59. The fourth-order valence-corrected chi connectivity index (χ4v) is 3.41. The first-order valence-corrected chi connectivity index (χ1v) is 9.31. The highest BCUT2D eigenvalue weighted by atomic mass is 35.5. The Labute approximate surface area is 166 Å². The van der Waals surface area contributed by atoms with Crippen molar-refractivity contribution in [2.24, 2.45) is 0 Å². The number of nitrogens with zero attached hydrogens (tertiary/aromatic N) is 2. The van der Waals surface area contributed by atoms with E-state index in [4.69, 9.17) is 11.6 Å². The molecule has 0 spiro atoms. The number of aryl methyl sites for hydroxylation is 1. The average Bonchev–Trinajstić information content (AvgIpc) is 2.63. The summed E-state index contributed by atoms with van der Waals surface area (Å²) in [6.45, 7) is 4.91. The van der Waals surface area contributed by atoms with Gasteiger partial charge in [-0.1, -0.05) is 23.7 Å². The molecule has 0 radical (unpaired) electrons. The molecule has 150 valence electrons. The summed E-state index contributed by atoms with van der Waals surface area (Å²) in [5.41, 5.74) is 1.10. The number of carbonyl (C=O) groups is 1. The van der Waals surface area contributed by atoms with Crippen molar-refractivity contribution >= 4 is 28.9 Å². The van der Waals surface area contributed by atoms with Gasteiger partial charge in [-0.25, -0.2) is 0 Å². The monoisotopic (exact) mass is 411 g/mol. The molecule has 1 aliphatic heterocycles. The summed E-state index contributed by atoms with van der Waals surface area (Å²) in [6, 6.07) is 11.5. The predicted molar refractivity (Wildman–Crippen MR) is 105 cm³/mol. The van der Waals surface area contributed by atoms with Gasteiger partial charge in [0.05, 0.1) is 17.8 Å². The number of carbonyl (C=O) groups excluding carboxylic acids is 1. The third-order valence-corrected chi connectivity index (χ3v) is 4.90. The third kappa shape index (κ3) is 5.17. The van der Waals surface area contributed by atoms with Crippen molar-refractivity contribution in [3.05, 3.63) is 58.6 Å². The van der Waals surface area contributed by atoms with Gasteiger partial charge in [-0.15, -0.1) is 0 Å². The molecule has 1 amide bonds. The number of benzene rings is 2. The van der Waals surface area contributed by atoms with E-state index in [2.05, 4.69) is 22.3 Å². The normalized spacial score (nSPS) is 15.5. The van der Waals surface area contributed by atoms with Crippen molar-refractivity contribution in [1.29, 1.82) is 0 Å². The molecular weight excluding hydrogens is 391 g/mol. The SMILES string of the molecule is Cc1cccc(N2CCN(CC(=O)Nc3ccc(Cl)cc3C(F)(F)F)CC2)c1. The molecule has 8 heteroatoms. The van der Waals surface area contributed by atoms with Crippen LogP contribution in [-0.4, -0.2) is 43.5 Å². The van der Waals surface area contributed by atoms with E-state index in [1.807, 2.05) is 24.0 Å². The van der Waals surface area contributed by atoms with Gasteiger partial charge in [0.25, 0.3) is 0 Å². The van der Waals surface area contributed by atoms with Crippen molar-refractivity contribution in [2.75, 3.05) is 42.9 Å². The Morgan fingerprint density at radius 1 is 1.11 bits per heavy atom. The van der Waals surface area contributed by atoms with Crippen molar-refractivity contribution in [3.63, 3.8) is 0 Å². The molecule has 28 heavy (non-hydrogen) atoms. The van der Waals surface area contributed by atoms with E-state index >= 15 is 0 Å². The number of halogens is 4. The van der Waals surface area contributed by atoms with Gasteiger partial charge in [0.15, 0.2) is 0 Å². The lowest BCUT2D eigenvalue weighted by molar-refractivity contribution is -0.137. The van der Waals surface area contributed by atoms with Gasteiger partial charge in [-0.05, 0) is 42.8 Å². The minimum absolute atomic E-state index is 0.0300. The summed E-state index contributed by atoms with van der Waals surface area (Å²) in [4.78, 5) is 16.4. The van der Waals surface area contributed by atoms with Gasteiger partial charge >= 0.3 is 6.18 Å². The molecule has 0 bridgehead atoms. The van der Waals surface area contributed by atoms with Gasteiger partial charge in [-0.2, -0.15) is 13.2 Å². The maximum absolute atomic E-state index is 13.1. The Morgan fingerprint density at radius 3 is 2.46 bits per heavy atom. The number of piperazine rings is 1. The molecule has 1 aliphatic rings. The molecule has 2 aromatic carbocycles. The average molecular weight is 412 g/mol. The van der Waals surface area contributed by atoms with Crippen LogP contribution in [0.2, 0.25) is 5.02 Å². The maximum atomic E-state index is 13.1. The van der Waals surface area contributed by atoms with Crippen LogP contribution in [0.5, 0.6) is 0 Å². The lowest BCUT2D eigenvalue weighted by Crippen LogP contribution is -2.48. The summed E-state index contributed by atoms with van der Waals surface area (Å²) in [7, 11) is 0. The molecule has 1 N–H and O–H groups in total. The Kier molecular flexibility index (Phi) is 6.15. The van der Waals surface area contributed by atoms with Crippen molar-refractivity contribution in [3.8, 4) is 0 Å². The van der Waals surface area contributed by atoms with Crippen LogP contribution >= 0.6 is 11.6 Å². The topological polar surface area (TPSA) is 35.6 Å². The van der Waals surface area contributed by atoms with Gasteiger partial charge in [-0.3, -0.25) is 9.69 Å². The van der Waals surface area contributed by atoms with E-state index in [0.717, 1.165) is 24.8 Å². The Bertz CT molecular complexity index is 849. The molecule has 1 saturated heterocycles. The molecule has 0 aliphatic carbocycles. The molecule has 0 aromatic heterocycles. The summed E-state index contributed by atoms with van der Waals surface area (Å²) < 4.78 is 39.4. The van der Waals surface area contributed by atoms with E-state index in [1.54, 1.807) is 0 Å². The zero-order valence-corrected chi connectivity index (χ0v) is 16.1. The van der Waals surface area contributed by atoms with Crippen molar-refractivity contribution in [1.82, 2.24) is 4.90 Å². The van der Waals surface area contributed by atoms with E-state index in [9.17, 15) is 18.0 Å². The van der Waals surface area contributed by atoms with Crippen LogP contribution in [0.3, 0.4) is 0 Å². The largest absolute Gasteiger partial charge is 0.418 e. The molecule has 0 saturated carbocycles. The van der Waals surface area contributed by atoms with Crippen molar-refractivity contribution in [2.45, 2.75) is 13.1 Å². The van der Waals surface area contributed by atoms with Gasteiger partial charge in [0, 0.05) is 36.9 Å². The van der Waals surface area contributed by atoms with Crippen LogP contribution in [0.4, 0.5) is 24.5 Å². The van der Waals surface area contributed by atoms with Gasteiger partial charge < -0.3 is 10.2 Å². The summed E-state index contributed by atoms with van der Waals surface area (Å²) in [5, 5.41) is 2.34. The second-order valence-corrected chi connectivity index (χ2v) is 7.27. The highest BCUT2D eigenvalue weighted by Gasteiger charge is 2.34. The summed E-state index contributed by atoms with van der Waals surface area (Å²) >= 11 is 5.66. The minimum Gasteiger partial charge on any atom is -0.369 e. The first-order valence-electron chi connectivity index (χ1n) is 8.93. The predicted octanol–water partition coefficient (Wildman–Crippen LogP) is 4.43. The Morgan fingerprint density at radius 2 is 1.82 bits per heavy atom. The number of nitrogens with one attached hydrogen (secondary N) is 1. The number of rotatable bonds is 4. The molecule has 1 fully saturated rings. The van der Waals surface area contributed by atoms with Crippen LogP contribution in [0.25, 0.3) is 0 Å². The molecule has 2 aromatic rings. The van der Waals surface area contributed by atoms with Crippen LogP contribution in [0, 0.1) is 6.92 Å². The highest BCUT2D eigenvalue weighted by molar-refractivity contribution is 6.30. The molecule has 3 rings (SSSR count). The maximum Gasteiger partial charge on any atom is 0.418 e. The Hall–Kier alpha value is -2.25. The molecule has 1 heterocycles. The lowest BCUT2D eigenvalue weighted by atomic mass is 10.1. The van der Waals surface area contributed by atoms with Crippen LogP contribution < -0.4 is 10.2 Å². The Balaban J connectivity index is 1.57. The van der Waals surface area contributed by atoms with Crippen LogP contribution in [0.15, 0.2) is 42.5 Å². The van der Waals surface area contributed by atoms with Gasteiger partial charge in [0.2, 0.25) is 5.91 Å². The molecule has 4 nitrogen and oxygen atoms in total. The standard InChI is InChI=1S/C20H21ClF3N3O/c1-14-3-2-4-16(11-14)27-9-7-26(8-10-27)13-19(28)25-18-6-5-15(21)12-17(18)20(22,23)24/h2-6,11-12H,7-10,13H2,1H3,(H,25,28). The van der Waals surface area contributed by atoms with Gasteiger partial charge in [0.1, 0.15) is 0 Å². The molecule has 0 atom stereocenters. The zero-order valence-electron chi connectivity index (χ0n) is 15.4. The quantitative estimate of drug-likeness (QED) is 0.808. The highest BCUT2D eigenvalue weighted by Crippen LogP contribution is 2.36. The lowest BCUT2D eigenvalue weighted by Gasteiger charge is -2.35.